The quantitative estimate of drug-likeness (QED) is 0.534. The van der Waals surface area contributed by atoms with E-state index in [1.807, 2.05) is 30.3 Å². The van der Waals surface area contributed by atoms with Crippen molar-refractivity contribution in [1.82, 2.24) is 4.90 Å². The summed E-state index contributed by atoms with van der Waals surface area (Å²) in [7, 11) is 1.75. The van der Waals surface area contributed by atoms with Crippen LogP contribution in [0.1, 0.15) is 41.2 Å². The topological polar surface area (TPSA) is 69.6 Å². The van der Waals surface area contributed by atoms with E-state index in [1.54, 1.807) is 18.9 Å². The molecule has 0 aromatic heterocycles. The molecule has 6 rings (SSSR count). The first-order chi connectivity index (χ1) is 17.4. The number of aryl methyl sites for hydroxylation is 1. The second-order valence-electron chi connectivity index (χ2n) is 10.4. The number of anilines is 1. The van der Waals surface area contributed by atoms with Crippen molar-refractivity contribution in [2.45, 2.75) is 45.2 Å². The van der Waals surface area contributed by atoms with Crippen molar-refractivity contribution in [1.29, 1.82) is 0 Å². The highest BCUT2D eigenvalue weighted by Crippen LogP contribution is 2.48. The van der Waals surface area contributed by atoms with Crippen LogP contribution in [-0.4, -0.2) is 35.0 Å². The molecule has 2 unspecified atom stereocenters. The first-order valence-corrected chi connectivity index (χ1v) is 12.7. The molecular formula is C31H30N2O3. The minimum Gasteiger partial charge on any atom is -0.481 e. The van der Waals surface area contributed by atoms with Gasteiger partial charge in [0.2, 0.25) is 5.91 Å². The lowest BCUT2D eigenvalue weighted by Crippen LogP contribution is -2.53. The van der Waals surface area contributed by atoms with Crippen molar-refractivity contribution in [2.24, 2.45) is 5.41 Å². The van der Waals surface area contributed by atoms with E-state index < -0.39 is 17.4 Å². The number of nitrogens with one attached hydrogen (secondary N) is 1. The summed E-state index contributed by atoms with van der Waals surface area (Å²) < 4.78 is 0. The number of fused-ring (bicyclic) bond motifs is 6. The predicted molar refractivity (Wildman–Crippen MR) is 142 cm³/mol. The molecule has 1 heterocycles. The highest BCUT2D eigenvalue weighted by atomic mass is 16.4. The summed E-state index contributed by atoms with van der Waals surface area (Å²) in [6.07, 6.45) is 5.62. The molecule has 5 nitrogen and oxygen atoms in total. The highest BCUT2D eigenvalue weighted by molar-refractivity contribution is 6.02. The first-order valence-electron chi connectivity index (χ1n) is 12.7. The molecule has 0 saturated heterocycles. The number of carboxylic acid groups (broad SMARTS) is 1. The van der Waals surface area contributed by atoms with Gasteiger partial charge in [-0.1, -0.05) is 60.7 Å². The van der Waals surface area contributed by atoms with Gasteiger partial charge >= 0.3 is 5.97 Å². The number of amides is 1. The number of benzene rings is 3. The van der Waals surface area contributed by atoms with Crippen LogP contribution in [0.4, 0.5) is 5.69 Å². The number of hydrogen-bond acceptors (Lipinski definition) is 3. The van der Waals surface area contributed by atoms with E-state index in [2.05, 4.69) is 41.7 Å². The molecule has 5 heteroatoms. The molecule has 0 spiro atoms. The number of likely N-dealkylation sites (N-methyl/N-ethyl adjacent to an activating group) is 1. The van der Waals surface area contributed by atoms with Crippen LogP contribution < -0.4 is 5.32 Å². The van der Waals surface area contributed by atoms with Gasteiger partial charge in [0.25, 0.3) is 0 Å². The number of nitrogens with zero attached hydrogens (tertiary/aromatic N) is 1. The lowest BCUT2D eigenvalue weighted by atomic mass is 9.67. The van der Waals surface area contributed by atoms with Crippen molar-refractivity contribution < 1.29 is 14.7 Å². The number of rotatable bonds is 3. The molecule has 1 aliphatic heterocycles. The van der Waals surface area contributed by atoms with Gasteiger partial charge < -0.3 is 15.3 Å². The summed E-state index contributed by atoms with van der Waals surface area (Å²) in [5, 5.41) is 14.1. The molecule has 2 aliphatic carbocycles. The van der Waals surface area contributed by atoms with E-state index >= 15 is 0 Å². The average Bonchev–Trinajstić information content (AvgIpc) is 3.03. The summed E-state index contributed by atoms with van der Waals surface area (Å²) in [4.78, 5) is 28.4. The van der Waals surface area contributed by atoms with Gasteiger partial charge in [0, 0.05) is 19.3 Å². The standard InChI is InChI=1S/C31H30N2O3/c1-31(30(35)36,28-29(34)33(2)18-20-9-4-6-13-27(20)32-28)26-12-7-11-22-24-15-14-19-8-3-5-10-21(19)23(24)16-17-25(22)26/h3-6,8-10,12-13,16-17,28,32H,7,11,14-15,18H2,1-2H3,(H,35,36). The Morgan fingerprint density at radius 2 is 1.61 bits per heavy atom. The molecule has 0 radical (unpaired) electrons. The summed E-state index contributed by atoms with van der Waals surface area (Å²) in [5.74, 6) is -1.21. The molecule has 3 aromatic rings. The monoisotopic (exact) mass is 478 g/mol. The van der Waals surface area contributed by atoms with Gasteiger partial charge in [0.05, 0.1) is 0 Å². The number of aliphatic carboxylic acids is 1. The molecular weight excluding hydrogens is 448 g/mol. The molecule has 2 atom stereocenters. The van der Waals surface area contributed by atoms with Crippen LogP contribution in [0.3, 0.4) is 0 Å². The number of carbonyl (C=O) groups excluding carboxylic acids is 1. The normalized spacial score (nSPS) is 19.9. The first kappa shape index (κ1) is 22.6. The van der Waals surface area contributed by atoms with Gasteiger partial charge in [-0.2, -0.15) is 0 Å². The third-order valence-electron chi connectivity index (χ3n) is 8.35. The molecule has 3 aromatic carbocycles. The maximum absolute atomic E-state index is 13.7. The molecule has 2 N–H and O–H groups in total. The molecule has 1 amide bonds. The zero-order valence-electron chi connectivity index (χ0n) is 20.7. The lowest BCUT2D eigenvalue weighted by Gasteiger charge is -2.39. The maximum Gasteiger partial charge on any atom is 0.316 e. The second-order valence-corrected chi connectivity index (χ2v) is 10.4. The van der Waals surface area contributed by atoms with Crippen molar-refractivity contribution in [3.05, 3.63) is 94.6 Å². The molecule has 182 valence electrons. The Morgan fingerprint density at radius 1 is 0.917 bits per heavy atom. The summed E-state index contributed by atoms with van der Waals surface area (Å²) in [6, 6.07) is 19.6. The second kappa shape index (κ2) is 8.37. The van der Waals surface area contributed by atoms with Gasteiger partial charge in [0.1, 0.15) is 11.5 Å². The molecule has 36 heavy (non-hydrogen) atoms. The zero-order valence-corrected chi connectivity index (χ0v) is 20.7. The van der Waals surface area contributed by atoms with Crippen molar-refractivity contribution in [2.75, 3.05) is 12.4 Å². The van der Waals surface area contributed by atoms with Crippen molar-refractivity contribution >= 4 is 23.1 Å². The van der Waals surface area contributed by atoms with Crippen LogP contribution in [0.5, 0.6) is 0 Å². The summed E-state index contributed by atoms with van der Waals surface area (Å²) >= 11 is 0. The third-order valence-corrected chi connectivity index (χ3v) is 8.35. The Kier molecular flexibility index (Phi) is 5.25. The molecule has 0 bridgehead atoms. The minimum absolute atomic E-state index is 0.212. The Morgan fingerprint density at radius 3 is 2.42 bits per heavy atom. The van der Waals surface area contributed by atoms with Crippen LogP contribution in [0, 0.1) is 5.41 Å². The van der Waals surface area contributed by atoms with Crippen LogP contribution in [0.25, 0.3) is 16.7 Å². The van der Waals surface area contributed by atoms with E-state index in [9.17, 15) is 14.7 Å². The molecule has 3 aliphatic rings. The van der Waals surface area contributed by atoms with Gasteiger partial charge in [-0.15, -0.1) is 0 Å². The maximum atomic E-state index is 13.7. The van der Waals surface area contributed by atoms with Gasteiger partial charge in [0.15, 0.2) is 0 Å². The van der Waals surface area contributed by atoms with Gasteiger partial charge in [-0.25, -0.2) is 0 Å². The van der Waals surface area contributed by atoms with Crippen LogP contribution in [0.15, 0.2) is 66.7 Å². The largest absolute Gasteiger partial charge is 0.481 e. The minimum atomic E-state index is -1.45. The van der Waals surface area contributed by atoms with Crippen LogP contribution >= 0.6 is 0 Å². The van der Waals surface area contributed by atoms with E-state index in [1.165, 1.54) is 27.8 Å². The average molecular weight is 479 g/mol. The van der Waals surface area contributed by atoms with Crippen molar-refractivity contribution in [3.8, 4) is 11.1 Å². The fourth-order valence-electron chi connectivity index (χ4n) is 6.35. The zero-order chi connectivity index (χ0) is 25.0. The molecule has 0 saturated carbocycles. The fraction of sp³-hybridized carbons (Fsp3) is 0.290. The van der Waals surface area contributed by atoms with Gasteiger partial charge in [-0.3, -0.25) is 9.59 Å². The van der Waals surface area contributed by atoms with Gasteiger partial charge in [-0.05, 0) is 83.2 Å². The highest BCUT2D eigenvalue weighted by Gasteiger charge is 2.51. The van der Waals surface area contributed by atoms with E-state index in [-0.39, 0.29) is 5.91 Å². The number of allylic oxidation sites excluding steroid dienone is 1. The smallest absolute Gasteiger partial charge is 0.316 e. The number of para-hydroxylation sites is 1. The lowest BCUT2D eigenvalue weighted by molar-refractivity contribution is -0.149. The SMILES string of the molecule is CN1Cc2ccccc2NC(C(C)(C(=O)O)C2=CCCc3c2ccc2c3CCc3ccccc3-2)C1=O. The third kappa shape index (κ3) is 3.29. The number of carboxylic acids is 1. The van der Waals surface area contributed by atoms with Crippen molar-refractivity contribution in [3.63, 3.8) is 0 Å². The Bertz CT molecular complexity index is 1440. The fourth-order valence-corrected chi connectivity index (χ4v) is 6.35. The van der Waals surface area contributed by atoms with Crippen LogP contribution in [0.2, 0.25) is 0 Å². The summed E-state index contributed by atoms with van der Waals surface area (Å²) in [6.45, 7) is 2.15. The summed E-state index contributed by atoms with van der Waals surface area (Å²) in [5.41, 5.74) is 8.51. The predicted octanol–water partition coefficient (Wildman–Crippen LogP) is 5.33. The molecule has 0 fully saturated rings. The van der Waals surface area contributed by atoms with E-state index in [0.29, 0.717) is 6.54 Å². The Labute approximate surface area is 211 Å². The Balaban J connectivity index is 1.49. The van der Waals surface area contributed by atoms with Crippen LogP contribution in [-0.2, 0) is 35.4 Å². The number of carbonyl (C=O) groups is 2. The van der Waals surface area contributed by atoms with E-state index in [0.717, 1.165) is 48.1 Å². The Hall–Kier alpha value is -3.86. The number of hydrogen-bond donors (Lipinski definition) is 2. The van der Waals surface area contributed by atoms with E-state index in [4.69, 9.17) is 0 Å².